The molecule has 1 heterocycles. The summed E-state index contributed by atoms with van der Waals surface area (Å²) < 4.78 is 20.8. The molecule has 0 spiro atoms. The van der Waals surface area contributed by atoms with Crippen molar-refractivity contribution >= 4 is 11.8 Å². The van der Waals surface area contributed by atoms with E-state index >= 15 is 0 Å². The minimum atomic E-state index is -0.240. The van der Waals surface area contributed by atoms with E-state index in [0.29, 0.717) is 22.3 Å². The SMILES string of the molecule is CC(C)(C)c1ccc(OCc2nnc(SCc3ccccc3F)n2N)cc1. The molecule has 0 aliphatic rings. The molecule has 2 N–H and O–H groups in total. The van der Waals surface area contributed by atoms with Gasteiger partial charge in [-0.05, 0) is 34.7 Å². The number of nitrogens with zero attached hydrogens (tertiary/aromatic N) is 3. The van der Waals surface area contributed by atoms with Crippen molar-refractivity contribution in [1.82, 2.24) is 14.9 Å². The van der Waals surface area contributed by atoms with E-state index in [9.17, 15) is 4.39 Å². The molecule has 3 aromatic rings. The van der Waals surface area contributed by atoms with Gasteiger partial charge in [0.1, 0.15) is 18.2 Å². The molecule has 0 aliphatic carbocycles. The molecule has 0 unspecified atom stereocenters. The highest BCUT2D eigenvalue weighted by Crippen LogP contribution is 2.25. The van der Waals surface area contributed by atoms with Crippen molar-refractivity contribution in [2.45, 2.75) is 43.7 Å². The molecule has 0 aliphatic heterocycles. The standard InChI is InChI=1S/C20H23FN4OS/c1-20(2,3)15-8-10-16(11-9-15)26-12-18-23-24-19(25(18)22)27-13-14-6-4-5-7-17(14)21/h4-11H,12-13,22H2,1-3H3. The number of hydrogen-bond acceptors (Lipinski definition) is 5. The number of nitrogen functional groups attached to an aromatic ring is 1. The van der Waals surface area contributed by atoms with Gasteiger partial charge in [-0.1, -0.05) is 62.9 Å². The Morgan fingerprint density at radius 1 is 1.07 bits per heavy atom. The molecule has 142 valence electrons. The largest absolute Gasteiger partial charge is 0.486 e. The molecular formula is C20H23FN4OS. The average molecular weight is 386 g/mol. The Morgan fingerprint density at radius 3 is 2.44 bits per heavy atom. The van der Waals surface area contributed by atoms with Crippen LogP contribution in [0.2, 0.25) is 0 Å². The molecule has 3 rings (SSSR count). The van der Waals surface area contributed by atoms with E-state index in [2.05, 4.69) is 43.1 Å². The van der Waals surface area contributed by atoms with Crippen molar-refractivity contribution in [3.63, 3.8) is 0 Å². The number of aromatic nitrogens is 3. The van der Waals surface area contributed by atoms with Crippen LogP contribution >= 0.6 is 11.8 Å². The van der Waals surface area contributed by atoms with E-state index in [1.54, 1.807) is 18.2 Å². The van der Waals surface area contributed by atoms with Crippen LogP contribution in [0.15, 0.2) is 53.7 Å². The van der Waals surface area contributed by atoms with Crippen molar-refractivity contribution in [3.8, 4) is 5.75 Å². The molecule has 0 fully saturated rings. The third-order valence-electron chi connectivity index (χ3n) is 4.14. The van der Waals surface area contributed by atoms with Crippen LogP contribution in [0.5, 0.6) is 5.75 Å². The number of halogens is 1. The summed E-state index contributed by atoms with van der Waals surface area (Å²) in [6.45, 7) is 6.71. The maximum atomic E-state index is 13.7. The first-order chi connectivity index (χ1) is 12.8. The zero-order valence-corrected chi connectivity index (χ0v) is 16.5. The smallest absolute Gasteiger partial charge is 0.210 e. The molecule has 0 radical (unpaired) electrons. The topological polar surface area (TPSA) is 66.0 Å². The Balaban J connectivity index is 1.59. The summed E-state index contributed by atoms with van der Waals surface area (Å²) in [4.78, 5) is 0. The summed E-state index contributed by atoms with van der Waals surface area (Å²) in [6, 6.07) is 14.6. The molecule has 1 aromatic heterocycles. The average Bonchev–Trinajstić information content (AvgIpc) is 2.99. The normalized spacial score (nSPS) is 11.6. The van der Waals surface area contributed by atoms with Crippen molar-refractivity contribution in [2.75, 3.05) is 5.84 Å². The minimum Gasteiger partial charge on any atom is -0.486 e. The fourth-order valence-electron chi connectivity index (χ4n) is 2.46. The summed E-state index contributed by atoms with van der Waals surface area (Å²) in [7, 11) is 0. The maximum Gasteiger partial charge on any atom is 0.210 e. The van der Waals surface area contributed by atoms with Crippen LogP contribution in [0, 0.1) is 5.82 Å². The molecule has 0 bridgehead atoms. The van der Waals surface area contributed by atoms with Crippen LogP contribution in [0.4, 0.5) is 4.39 Å². The first kappa shape index (κ1) is 19.2. The molecule has 2 aromatic carbocycles. The van der Waals surface area contributed by atoms with Crippen molar-refractivity contribution in [2.24, 2.45) is 0 Å². The van der Waals surface area contributed by atoms with Gasteiger partial charge in [-0.2, -0.15) is 0 Å². The first-order valence-corrected chi connectivity index (χ1v) is 9.62. The molecule has 5 nitrogen and oxygen atoms in total. The lowest BCUT2D eigenvalue weighted by molar-refractivity contribution is 0.291. The molecular weight excluding hydrogens is 363 g/mol. The van der Waals surface area contributed by atoms with Gasteiger partial charge in [0.05, 0.1) is 0 Å². The minimum absolute atomic E-state index is 0.0975. The number of ether oxygens (including phenoxy) is 1. The van der Waals surface area contributed by atoms with E-state index in [1.807, 2.05) is 12.1 Å². The van der Waals surface area contributed by atoms with Gasteiger partial charge < -0.3 is 10.6 Å². The second kappa shape index (κ2) is 8.00. The van der Waals surface area contributed by atoms with E-state index in [4.69, 9.17) is 10.6 Å². The summed E-state index contributed by atoms with van der Waals surface area (Å²) in [6.07, 6.45) is 0. The van der Waals surface area contributed by atoms with Crippen LogP contribution in [-0.4, -0.2) is 14.9 Å². The lowest BCUT2D eigenvalue weighted by Crippen LogP contribution is -2.16. The van der Waals surface area contributed by atoms with Gasteiger partial charge >= 0.3 is 0 Å². The summed E-state index contributed by atoms with van der Waals surface area (Å²) in [5.74, 6) is 7.48. The lowest BCUT2D eigenvalue weighted by atomic mass is 9.87. The molecule has 0 saturated heterocycles. The highest BCUT2D eigenvalue weighted by molar-refractivity contribution is 7.98. The van der Waals surface area contributed by atoms with Crippen LogP contribution in [0.3, 0.4) is 0 Å². The van der Waals surface area contributed by atoms with Gasteiger partial charge in [0.15, 0.2) is 5.82 Å². The van der Waals surface area contributed by atoms with Gasteiger partial charge in [-0.15, -0.1) is 10.2 Å². The number of nitrogens with two attached hydrogens (primary N) is 1. The first-order valence-electron chi connectivity index (χ1n) is 8.63. The quantitative estimate of drug-likeness (QED) is 0.505. The zero-order chi connectivity index (χ0) is 19.4. The number of thioether (sulfide) groups is 1. The van der Waals surface area contributed by atoms with Gasteiger partial charge in [-0.3, -0.25) is 0 Å². The van der Waals surface area contributed by atoms with Crippen molar-refractivity contribution in [1.29, 1.82) is 0 Å². The summed E-state index contributed by atoms with van der Waals surface area (Å²) in [5.41, 5.74) is 1.94. The van der Waals surface area contributed by atoms with Crippen LogP contribution in [0.1, 0.15) is 37.7 Å². The lowest BCUT2D eigenvalue weighted by Gasteiger charge is -2.19. The van der Waals surface area contributed by atoms with Crippen molar-refractivity contribution in [3.05, 3.63) is 71.3 Å². The Hall–Kier alpha value is -2.54. The Labute approximate surface area is 162 Å². The predicted molar refractivity (Wildman–Crippen MR) is 106 cm³/mol. The number of benzene rings is 2. The Bertz CT molecular complexity index is 903. The van der Waals surface area contributed by atoms with Crippen LogP contribution < -0.4 is 10.6 Å². The number of rotatable bonds is 6. The van der Waals surface area contributed by atoms with Crippen LogP contribution in [0.25, 0.3) is 0 Å². The second-order valence-electron chi connectivity index (χ2n) is 7.21. The predicted octanol–water partition coefficient (Wildman–Crippen LogP) is 4.30. The van der Waals surface area contributed by atoms with Crippen molar-refractivity contribution < 1.29 is 9.13 Å². The maximum absolute atomic E-state index is 13.7. The number of hydrogen-bond donors (Lipinski definition) is 1. The fourth-order valence-corrected chi connectivity index (χ4v) is 3.32. The van der Waals surface area contributed by atoms with Gasteiger partial charge in [0.25, 0.3) is 0 Å². The zero-order valence-electron chi connectivity index (χ0n) is 15.6. The third kappa shape index (κ3) is 4.80. The molecule has 0 amide bonds. The summed E-state index contributed by atoms with van der Waals surface area (Å²) >= 11 is 1.33. The highest BCUT2D eigenvalue weighted by Gasteiger charge is 2.14. The van der Waals surface area contributed by atoms with E-state index < -0.39 is 0 Å². The van der Waals surface area contributed by atoms with Gasteiger partial charge in [0, 0.05) is 5.75 Å². The van der Waals surface area contributed by atoms with E-state index in [-0.39, 0.29) is 17.8 Å². The molecule has 7 heteroatoms. The van der Waals surface area contributed by atoms with Gasteiger partial charge in [0.2, 0.25) is 5.16 Å². The molecule has 0 saturated carbocycles. The van der Waals surface area contributed by atoms with Crippen LogP contribution in [-0.2, 0) is 17.8 Å². The molecule has 27 heavy (non-hydrogen) atoms. The second-order valence-corrected chi connectivity index (χ2v) is 8.15. The van der Waals surface area contributed by atoms with E-state index in [1.165, 1.54) is 28.1 Å². The highest BCUT2D eigenvalue weighted by atomic mass is 32.2. The Morgan fingerprint density at radius 2 is 1.78 bits per heavy atom. The van der Waals surface area contributed by atoms with Gasteiger partial charge in [-0.25, -0.2) is 9.07 Å². The monoisotopic (exact) mass is 386 g/mol. The third-order valence-corrected chi connectivity index (χ3v) is 5.13. The van der Waals surface area contributed by atoms with E-state index in [0.717, 1.165) is 5.75 Å². The fraction of sp³-hybridized carbons (Fsp3) is 0.300. The Kier molecular flexibility index (Phi) is 5.70. The summed E-state index contributed by atoms with van der Waals surface area (Å²) in [5, 5.41) is 8.65. The molecule has 0 atom stereocenters.